The Morgan fingerprint density at radius 1 is 1.24 bits per heavy atom. The summed E-state index contributed by atoms with van der Waals surface area (Å²) in [6.45, 7) is 3.73. The van der Waals surface area contributed by atoms with Crippen molar-refractivity contribution in [3.63, 3.8) is 0 Å². The maximum absolute atomic E-state index is 11.9. The SMILES string of the molecule is CC(=O)c1cc(Br)ccc1N1CCOc2ccccc2C1. The first-order valence-electron chi connectivity index (χ1n) is 6.91. The number of ether oxygens (including phenoxy) is 1. The Bertz CT molecular complexity index is 684. The molecule has 0 radical (unpaired) electrons. The molecule has 3 rings (SSSR count). The van der Waals surface area contributed by atoms with E-state index in [4.69, 9.17) is 4.74 Å². The topological polar surface area (TPSA) is 29.5 Å². The van der Waals surface area contributed by atoms with Crippen LogP contribution in [0.5, 0.6) is 5.75 Å². The number of fused-ring (bicyclic) bond motifs is 1. The fourth-order valence-electron chi connectivity index (χ4n) is 2.60. The summed E-state index contributed by atoms with van der Waals surface area (Å²) in [7, 11) is 0. The molecule has 1 heterocycles. The quantitative estimate of drug-likeness (QED) is 0.769. The van der Waals surface area contributed by atoms with Crippen molar-refractivity contribution in [2.24, 2.45) is 0 Å². The molecule has 3 nitrogen and oxygen atoms in total. The Morgan fingerprint density at radius 2 is 2.05 bits per heavy atom. The van der Waals surface area contributed by atoms with E-state index < -0.39 is 0 Å². The second-order valence-electron chi connectivity index (χ2n) is 5.10. The number of hydrogen-bond donors (Lipinski definition) is 0. The average molecular weight is 346 g/mol. The summed E-state index contributed by atoms with van der Waals surface area (Å²) in [6.07, 6.45) is 0. The fourth-order valence-corrected chi connectivity index (χ4v) is 2.96. The number of nitrogens with zero attached hydrogens (tertiary/aromatic N) is 1. The van der Waals surface area contributed by atoms with Crippen molar-refractivity contribution in [2.75, 3.05) is 18.1 Å². The largest absolute Gasteiger partial charge is 0.491 e. The van der Waals surface area contributed by atoms with Crippen molar-refractivity contribution in [3.05, 3.63) is 58.1 Å². The van der Waals surface area contributed by atoms with Crippen LogP contribution >= 0.6 is 15.9 Å². The molecule has 0 saturated heterocycles. The molecule has 21 heavy (non-hydrogen) atoms. The summed E-state index contributed by atoms with van der Waals surface area (Å²) in [5, 5.41) is 0. The van der Waals surface area contributed by atoms with Gasteiger partial charge in [0.15, 0.2) is 5.78 Å². The molecular formula is C17H16BrNO2. The van der Waals surface area contributed by atoms with Crippen LogP contribution in [0.3, 0.4) is 0 Å². The number of hydrogen-bond acceptors (Lipinski definition) is 3. The van der Waals surface area contributed by atoms with Gasteiger partial charge >= 0.3 is 0 Å². The van der Waals surface area contributed by atoms with Gasteiger partial charge in [0.1, 0.15) is 12.4 Å². The zero-order valence-corrected chi connectivity index (χ0v) is 13.4. The predicted molar refractivity (Wildman–Crippen MR) is 87.1 cm³/mol. The molecule has 0 unspecified atom stereocenters. The maximum Gasteiger partial charge on any atom is 0.161 e. The Kier molecular flexibility index (Phi) is 3.97. The second kappa shape index (κ2) is 5.90. The Hall–Kier alpha value is -1.81. The number of para-hydroxylation sites is 1. The van der Waals surface area contributed by atoms with E-state index in [1.165, 1.54) is 0 Å². The number of benzene rings is 2. The lowest BCUT2D eigenvalue weighted by Gasteiger charge is -2.24. The lowest BCUT2D eigenvalue weighted by molar-refractivity contribution is 0.101. The van der Waals surface area contributed by atoms with Gasteiger partial charge in [0.2, 0.25) is 0 Å². The molecule has 0 aliphatic carbocycles. The van der Waals surface area contributed by atoms with Gasteiger partial charge in [0, 0.05) is 27.8 Å². The minimum absolute atomic E-state index is 0.0738. The van der Waals surface area contributed by atoms with Crippen LogP contribution in [0.1, 0.15) is 22.8 Å². The zero-order chi connectivity index (χ0) is 14.8. The van der Waals surface area contributed by atoms with Gasteiger partial charge in [-0.2, -0.15) is 0 Å². The molecule has 0 aromatic heterocycles. The van der Waals surface area contributed by atoms with Crippen LogP contribution in [0.25, 0.3) is 0 Å². The van der Waals surface area contributed by atoms with Gasteiger partial charge in [0.25, 0.3) is 0 Å². The fraction of sp³-hybridized carbons (Fsp3) is 0.235. The molecule has 2 aromatic carbocycles. The van der Waals surface area contributed by atoms with Crippen LogP contribution < -0.4 is 9.64 Å². The highest BCUT2D eigenvalue weighted by Gasteiger charge is 2.19. The number of carbonyl (C=O) groups is 1. The van der Waals surface area contributed by atoms with Gasteiger partial charge in [-0.15, -0.1) is 0 Å². The molecule has 0 spiro atoms. The van der Waals surface area contributed by atoms with E-state index >= 15 is 0 Å². The number of rotatable bonds is 2. The molecule has 2 aromatic rings. The second-order valence-corrected chi connectivity index (χ2v) is 6.01. The highest BCUT2D eigenvalue weighted by atomic mass is 79.9. The monoisotopic (exact) mass is 345 g/mol. The third-order valence-corrected chi connectivity index (χ3v) is 4.12. The van der Waals surface area contributed by atoms with Crippen LogP contribution in [-0.2, 0) is 6.54 Å². The molecule has 4 heteroatoms. The van der Waals surface area contributed by atoms with Gasteiger partial charge in [-0.1, -0.05) is 34.1 Å². The van der Waals surface area contributed by atoms with Crippen molar-refractivity contribution in [1.29, 1.82) is 0 Å². The van der Waals surface area contributed by atoms with E-state index in [9.17, 15) is 4.79 Å². The number of anilines is 1. The summed E-state index contributed by atoms with van der Waals surface area (Å²) < 4.78 is 6.71. The summed E-state index contributed by atoms with van der Waals surface area (Å²) >= 11 is 3.43. The van der Waals surface area contributed by atoms with Crippen molar-refractivity contribution in [3.8, 4) is 5.75 Å². The summed E-state index contributed by atoms with van der Waals surface area (Å²) in [6, 6.07) is 13.9. The van der Waals surface area contributed by atoms with Crippen LogP contribution in [0, 0.1) is 0 Å². The standard InChI is InChI=1S/C17H16BrNO2/c1-12(20)15-10-14(18)6-7-16(15)19-8-9-21-17-5-3-2-4-13(17)11-19/h2-7,10H,8-9,11H2,1H3. The van der Waals surface area contributed by atoms with E-state index in [0.717, 1.165) is 40.1 Å². The minimum Gasteiger partial charge on any atom is -0.491 e. The van der Waals surface area contributed by atoms with Crippen LogP contribution in [0.15, 0.2) is 46.9 Å². The van der Waals surface area contributed by atoms with Crippen LogP contribution in [0.2, 0.25) is 0 Å². The molecular weight excluding hydrogens is 330 g/mol. The van der Waals surface area contributed by atoms with Gasteiger partial charge in [-0.25, -0.2) is 0 Å². The van der Waals surface area contributed by atoms with Crippen molar-refractivity contribution >= 4 is 27.4 Å². The Labute approximate surface area is 132 Å². The normalized spacial score (nSPS) is 14.1. The van der Waals surface area contributed by atoms with E-state index in [0.29, 0.717) is 6.61 Å². The van der Waals surface area contributed by atoms with Gasteiger partial charge < -0.3 is 9.64 Å². The summed E-state index contributed by atoms with van der Waals surface area (Å²) in [4.78, 5) is 14.1. The third kappa shape index (κ3) is 2.95. The number of carbonyl (C=O) groups excluding carboxylic acids is 1. The number of halogens is 1. The molecule has 108 valence electrons. The van der Waals surface area contributed by atoms with E-state index in [1.807, 2.05) is 36.4 Å². The molecule has 0 N–H and O–H groups in total. The maximum atomic E-state index is 11.9. The molecule has 1 aliphatic heterocycles. The smallest absolute Gasteiger partial charge is 0.161 e. The van der Waals surface area contributed by atoms with Gasteiger partial charge in [-0.3, -0.25) is 4.79 Å². The molecule has 0 fully saturated rings. The van der Waals surface area contributed by atoms with E-state index in [2.05, 4.69) is 26.9 Å². The molecule has 1 aliphatic rings. The molecule has 0 atom stereocenters. The third-order valence-electron chi connectivity index (χ3n) is 3.63. The van der Waals surface area contributed by atoms with Gasteiger partial charge in [-0.05, 0) is 31.2 Å². The lowest BCUT2D eigenvalue weighted by atomic mass is 10.1. The predicted octanol–water partition coefficient (Wildman–Crippen LogP) is 4.05. The lowest BCUT2D eigenvalue weighted by Crippen LogP contribution is -2.26. The van der Waals surface area contributed by atoms with E-state index in [-0.39, 0.29) is 5.78 Å². The highest BCUT2D eigenvalue weighted by Crippen LogP contribution is 2.30. The van der Waals surface area contributed by atoms with Crippen molar-refractivity contribution in [2.45, 2.75) is 13.5 Å². The number of Topliss-reactive ketones (excluding diaryl/α,β-unsaturated/α-hetero) is 1. The highest BCUT2D eigenvalue weighted by molar-refractivity contribution is 9.10. The van der Waals surface area contributed by atoms with Gasteiger partial charge in [0.05, 0.1) is 6.54 Å². The van der Waals surface area contributed by atoms with Crippen molar-refractivity contribution < 1.29 is 9.53 Å². The Morgan fingerprint density at radius 3 is 2.86 bits per heavy atom. The number of ketones is 1. The first-order valence-corrected chi connectivity index (χ1v) is 7.70. The molecule has 0 amide bonds. The zero-order valence-electron chi connectivity index (χ0n) is 11.8. The van der Waals surface area contributed by atoms with Crippen molar-refractivity contribution in [1.82, 2.24) is 0 Å². The Balaban J connectivity index is 2.00. The summed E-state index contributed by atoms with van der Waals surface area (Å²) in [5.41, 5.74) is 2.85. The van der Waals surface area contributed by atoms with Crippen LogP contribution in [0.4, 0.5) is 5.69 Å². The average Bonchev–Trinajstić information content (AvgIpc) is 2.69. The summed E-state index contributed by atoms with van der Waals surface area (Å²) in [5.74, 6) is 1.01. The molecule has 0 bridgehead atoms. The van der Waals surface area contributed by atoms with E-state index in [1.54, 1.807) is 6.92 Å². The minimum atomic E-state index is 0.0738. The van der Waals surface area contributed by atoms with Crippen LogP contribution in [-0.4, -0.2) is 18.9 Å². The first-order chi connectivity index (χ1) is 10.1. The molecule has 0 saturated carbocycles. The first kappa shape index (κ1) is 14.1.